The van der Waals surface area contributed by atoms with E-state index in [0.717, 1.165) is 0 Å². The smallest absolute Gasteiger partial charge is 0.117 e. The molecule has 1 N–H and O–H groups in total. The molecule has 0 amide bonds. The van der Waals surface area contributed by atoms with Gasteiger partial charge in [-0.1, -0.05) is 0 Å². The molecule has 2 aliphatic rings. The Morgan fingerprint density at radius 3 is 2.56 bits per heavy atom. The van der Waals surface area contributed by atoms with E-state index in [9.17, 15) is 5.11 Å². The molecule has 2 heterocycles. The minimum Gasteiger partial charge on any atom is -0.387 e. The molecule has 9 heavy (non-hydrogen) atoms. The molecule has 3 heteroatoms. The van der Waals surface area contributed by atoms with Gasteiger partial charge in [-0.15, -0.1) is 0 Å². The number of fused-ring (bicyclic) bond motifs is 2. The van der Waals surface area contributed by atoms with Crippen LogP contribution < -0.4 is 0 Å². The Hall–Kier alpha value is -0.120. The highest BCUT2D eigenvalue weighted by Crippen LogP contribution is 2.34. The van der Waals surface area contributed by atoms with Crippen molar-refractivity contribution in [3.8, 4) is 0 Å². The van der Waals surface area contributed by atoms with Gasteiger partial charge in [0.15, 0.2) is 0 Å². The van der Waals surface area contributed by atoms with Crippen molar-refractivity contribution < 1.29 is 14.6 Å². The van der Waals surface area contributed by atoms with Crippen LogP contribution in [0.4, 0.5) is 0 Å². The zero-order chi connectivity index (χ0) is 6.48. The van der Waals surface area contributed by atoms with Crippen LogP contribution in [-0.4, -0.2) is 36.1 Å². The minimum absolute atomic E-state index is 0.0602. The van der Waals surface area contributed by atoms with Gasteiger partial charge >= 0.3 is 0 Å². The molecular weight excluding hydrogens is 120 g/mol. The monoisotopic (exact) mass is 130 g/mol. The Balaban J connectivity index is 2.26. The number of aliphatic hydroxyl groups excluding tert-OH is 1. The first-order valence-electron chi connectivity index (χ1n) is 3.16. The largest absolute Gasteiger partial charge is 0.387 e. The van der Waals surface area contributed by atoms with E-state index >= 15 is 0 Å². The highest BCUT2D eigenvalue weighted by atomic mass is 16.6. The first kappa shape index (κ1) is 5.65. The number of rotatable bonds is 0. The summed E-state index contributed by atoms with van der Waals surface area (Å²) in [4.78, 5) is 0. The lowest BCUT2D eigenvalue weighted by atomic mass is 10.0. The van der Waals surface area contributed by atoms with Crippen LogP contribution in [0.1, 0.15) is 6.92 Å². The van der Waals surface area contributed by atoms with E-state index in [1.165, 1.54) is 0 Å². The summed E-state index contributed by atoms with van der Waals surface area (Å²) in [5, 5.41) is 9.34. The van der Waals surface area contributed by atoms with Crippen molar-refractivity contribution in [3.05, 3.63) is 0 Å². The minimum atomic E-state index is -0.405. The molecule has 3 atom stereocenters. The molecule has 0 unspecified atom stereocenters. The summed E-state index contributed by atoms with van der Waals surface area (Å²) in [6.07, 6.45) is -0.465. The number of aliphatic hydroxyl groups is 1. The van der Waals surface area contributed by atoms with Gasteiger partial charge in [0.1, 0.15) is 17.8 Å². The predicted molar refractivity (Wildman–Crippen MR) is 30.1 cm³/mol. The summed E-state index contributed by atoms with van der Waals surface area (Å²) in [5.74, 6) is 0. The van der Waals surface area contributed by atoms with Crippen LogP contribution in [0.2, 0.25) is 0 Å². The quantitative estimate of drug-likeness (QED) is 0.482. The third-order valence-electron chi connectivity index (χ3n) is 2.14. The van der Waals surface area contributed by atoms with Gasteiger partial charge in [-0.25, -0.2) is 0 Å². The fourth-order valence-corrected chi connectivity index (χ4v) is 1.38. The first-order valence-corrected chi connectivity index (χ1v) is 3.16. The third-order valence-corrected chi connectivity index (χ3v) is 2.14. The van der Waals surface area contributed by atoms with Gasteiger partial charge in [0.25, 0.3) is 0 Å². The van der Waals surface area contributed by atoms with Crippen LogP contribution in [0, 0.1) is 0 Å². The van der Waals surface area contributed by atoms with Crippen molar-refractivity contribution in [2.45, 2.75) is 24.7 Å². The van der Waals surface area contributed by atoms with Gasteiger partial charge < -0.3 is 14.6 Å². The van der Waals surface area contributed by atoms with Crippen molar-refractivity contribution in [1.29, 1.82) is 0 Å². The van der Waals surface area contributed by atoms with E-state index in [1.807, 2.05) is 6.92 Å². The Labute approximate surface area is 53.6 Å². The van der Waals surface area contributed by atoms with E-state index in [2.05, 4.69) is 0 Å². The summed E-state index contributed by atoms with van der Waals surface area (Å²) in [6, 6.07) is 0. The molecule has 0 aromatic heterocycles. The molecule has 2 bridgehead atoms. The number of hydrogen-bond donors (Lipinski definition) is 1. The SMILES string of the molecule is C[C@@]12CO[C@@H](CO1)[C@@H]2O. The van der Waals surface area contributed by atoms with E-state index in [0.29, 0.717) is 13.2 Å². The fraction of sp³-hybridized carbons (Fsp3) is 1.00. The molecule has 0 aromatic carbocycles. The highest BCUT2D eigenvalue weighted by Gasteiger charge is 2.52. The Bertz CT molecular complexity index is 126. The van der Waals surface area contributed by atoms with Crippen molar-refractivity contribution in [3.63, 3.8) is 0 Å². The average Bonchev–Trinajstić information content (AvgIpc) is 2.24. The van der Waals surface area contributed by atoms with E-state index in [4.69, 9.17) is 9.47 Å². The molecule has 0 aliphatic carbocycles. The van der Waals surface area contributed by atoms with Gasteiger partial charge in [0.2, 0.25) is 0 Å². The second kappa shape index (κ2) is 1.48. The van der Waals surface area contributed by atoms with E-state index in [-0.39, 0.29) is 6.10 Å². The second-order valence-corrected chi connectivity index (χ2v) is 2.92. The maximum Gasteiger partial charge on any atom is 0.117 e. The topological polar surface area (TPSA) is 38.7 Å². The normalized spacial score (nSPS) is 56.7. The Kier molecular flexibility index (Phi) is 0.928. The van der Waals surface area contributed by atoms with Crippen LogP contribution in [0.15, 0.2) is 0 Å². The maximum atomic E-state index is 9.34. The zero-order valence-electron chi connectivity index (χ0n) is 5.33. The van der Waals surface area contributed by atoms with Crippen LogP contribution in [0.3, 0.4) is 0 Å². The predicted octanol–water partition coefficient (Wildman–Crippen LogP) is -0.465. The molecule has 2 rings (SSSR count). The Morgan fingerprint density at radius 1 is 1.67 bits per heavy atom. The van der Waals surface area contributed by atoms with Gasteiger partial charge in [-0.3, -0.25) is 0 Å². The summed E-state index contributed by atoms with van der Waals surface area (Å²) >= 11 is 0. The molecule has 2 saturated heterocycles. The van der Waals surface area contributed by atoms with Gasteiger partial charge in [0.05, 0.1) is 13.2 Å². The van der Waals surface area contributed by atoms with Crippen LogP contribution in [0.5, 0.6) is 0 Å². The molecule has 2 aliphatic heterocycles. The van der Waals surface area contributed by atoms with Crippen LogP contribution >= 0.6 is 0 Å². The summed E-state index contributed by atoms with van der Waals surface area (Å²) in [6.45, 7) is 2.97. The van der Waals surface area contributed by atoms with Crippen molar-refractivity contribution in [2.75, 3.05) is 13.2 Å². The summed E-state index contributed by atoms with van der Waals surface area (Å²) in [7, 11) is 0. The third kappa shape index (κ3) is 0.569. The van der Waals surface area contributed by atoms with Crippen LogP contribution in [0.25, 0.3) is 0 Å². The number of hydrogen-bond acceptors (Lipinski definition) is 3. The average molecular weight is 130 g/mol. The standard InChI is InChI=1S/C6H10O3/c1-6-3-8-4(2-9-6)5(6)7/h4-5,7H,2-3H2,1H3/t4-,5-,6-/m0/s1. The van der Waals surface area contributed by atoms with Crippen molar-refractivity contribution in [1.82, 2.24) is 0 Å². The number of ether oxygens (including phenoxy) is 2. The molecule has 0 spiro atoms. The molecule has 3 nitrogen and oxygen atoms in total. The summed E-state index contributed by atoms with van der Waals surface area (Å²) in [5.41, 5.74) is -0.398. The zero-order valence-corrected chi connectivity index (χ0v) is 5.33. The Morgan fingerprint density at radius 2 is 2.44 bits per heavy atom. The van der Waals surface area contributed by atoms with Crippen molar-refractivity contribution in [2.24, 2.45) is 0 Å². The van der Waals surface area contributed by atoms with Crippen LogP contribution in [-0.2, 0) is 9.47 Å². The highest BCUT2D eigenvalue weighted by molar-refractivity contribution is 5.00. The van der Waals surface area contributed by atoms with Gasteiger partial charge in [-0.05, 0) is 6.92 Å². The van der Waals surface area contributed by atoms with Gasteiger partial charge in [0, 0.05) is 0 Å². The second-order valence-electron chi connectivity index (χ2n) is 2.92. The maximum absolute atomic E-state index is 9.34. The van der Waals surface area contributed by atoms with E-state index < -0.39 is 11.7 Å². The first-order chi connectivity index (χ1) is 4.22. The lowest BCUT2D eigenvalue weighted by Gasteiger charge is -2.20. The van der Waals surface area contributed by atoms with E-state index in [1.54, 1.807) is 0 Å². The van der Waals surface area contributed by atoms with Crippen molar-refractivity contribution >= 4 is 0 Å². The molecule has 0 aromatic rings. The molecule has 0 radical (unpaired) electrons. The molecule has 2 fully saturated rings. The fourth-order valence-electron chi connectivity index (χ4n) is 1.38. The lowest BCUT2D eigenvalue weighted by Crippen LogP contribution is -2.35. The molecular formula is C6H10O3. The molecule has 0 saturated carbocycles. The molecule has 52 valence electrons. The van der Waals surface area contributed by atoms with Gasteiger partial charge in [-0.2, -0.15) is 0 Å². The summed E-state index contributed by atoms with van der Waals surface area (Å²) < 4.78 is 10.5. The lowest BCUT2D eigenvalue weighted by molar-refractivity contribution is -0.0900.